The molecule has 0 unspecified atom stereocenters. The molecule has 0 saturated heterocycles. The molecule has 0 radical (unpaired) electrons. The van der Waals surface area contributed by atoms with Crippen LogP contribution in [0.25, 0.3) is 10.2 Å². The first-order chi connectivity index (χ1) is 12.2. The average Bonchev–Trinajstić information content (AvgIpc) is 2.79. The fourth-order valence-electron chi connectivity index (χ4n) is 3.71. The van der Waals surface area contributed by atoms with Gasteiger partial charge in [0.1, 0.15) is 17.0 Å². The summed E-state index contributed by atoms with van der Waals surface area (Å²) in [4.78, 5) is 25.7. The third-order valence-corrected chi connectivity index (χ3v) is 6.36. The van der Waals surface area contributed by atoms with E-state index in [1.165, 1.54) is 37.0 Å². The highest BCUT2D eigenvalue weighted by atomic mass is 32.1. The fourth-order valence-corrected chi connectivity index (χ4v) is 4.75. The molecule has 2 heterocycles. The molecule has 6 heteroatoms. The molecule has 25 heavy (non-hydrogen) atoms. The molecule has 1 saturated carbocycles. The summed E-state index contributed by atoms with van der Waals surface area (Å²) in [5, 5.41) is 4.29. The van der Waals surface area contributed by atoms with Crippen molar-refractivity contribution in [3.63, 3.8) is 0 Å². The Morgan fingerprint density at radius 2 is 1.88 bits per heavy atom. The topological polar surface area (TPSA) is 58.1 Å². The van der Waals surface area contributed by atoms with Crippen molar-refractivity contribution in [1.82, 2.24) is 15.3 Å². The van der Waals surface area contributed by atoms with Crippen molar-refractivity contribution < 1.29 is 4.79 Å². The number of hydrogen-bond donors (Lipinski definition) is 1. The Morgan fingerprint density at radius 3 is 2.52 bits per heavy atom. The molecule has 0 aromatic carbocycles. The number of thiophene rings is 1. The molecule has 1 N–H and O–H groups in total. The number of aryl methyl sites for hydroxylation is 1. The summed E-state index contributed by atoms with van der Waals surface area (Å²) in [6, 6.07) is 0.313. The third-order valence-electron chi connectivity index (χ3n) is 5.17. The molecular formula is C19H28N4OS. The second-order valence-electron chi connectivity index (χ2n) is 6.77. The van der Waals surface area contributed by atoms with Crippen molar-refractivity contribution in [3.8, 4) is 0 Å². The van der Waals surface area contributed by atoms with Gasteiger partial charge in [-0.3, -0.25) is 4.79 Å². The number of fused-ring (bicyclic) bond motifs is 1. The van der Waals surface area contributed by atoms with Gasteiger partial charge in [-0.15, -0.1) is 11.3 Å². The maximum atomic E-state index is 12.9. The Labute approximate surface area is 153 Å². The van der Waals surface area contributed by atoms with E-state index >= 15 is 0 Å². The summed E-state index contributed by atoms with van der Waals surface area (Å²) in [7, 11) is 0. The van der Waals surface area contributed by atoms with Gasteiger partial charge in [0.15, 0.2) is 0 Å². The zero-order chi connectivity index (χ0) is 17.8. The van der Waals surface area contributed by atoms with Crippen LogP contribution in [0.15, 0.2) is 6.33 Å². The highest BCUT2D eigenvalue weighted by Gasteiger charge is 2.23. The maximum absolute atomic E-state index is 12.9. The molecule has 3 rings (SSSR count). The first-order valence-corrected chi connectivity index (χ1v) is 10.3. The van der Waals surface area contributed by atoms with Crippen LogP contribution in [0, 0.1) is 6.92 Å². The SMILES string of the molecule is CCN(CC)c1ncnc2sc(C(=O)NC3CCCCCC3)c(C)c12. The third kappa shape index (κ3) is 3.78. The van der Waals surface area contributed by atoms with E-state index in [2.05, 4.69) is 34.0 Å². The second-order valence-corrected chi connectivity index (χ2v) is 7.77. The van der Waals surface area contributed by atoms with Crippen LogP contribution in [-0.2, 0) is 0 Å². The summed E-state index contributed by atoms with van der Waals surface area (Å²) in [6.45, 7) is 8.05. The number of amides is 1. The summed E-state index contributed by atoms with van der Waals surface area (Å²) in [5.41, 5.74) is 1.01. The van der Waals surface area contributed by atoms with Gasteiger partial charge in [0.2, 0.25) is 0 Å². The Morgan fingerprint density at radius 1 is 1.20 bits per heavy atom. The van der Waals surface area contributed by atoms with E-state index < -0.39 is 0 Å². The van der Waals surface area contributed by atoms with Crippen LogP contribution in [0.4, 0.5) is 5.82 Å². The standard InChI is InChI=1S/C19H28N4OS/c1-4-23(5-2)17-15-13(3)16(25-19(15)21-12-20-17)18(24)22-14-10-8-6-7-9-11-14/h12,14H,4-11H2,1-3H3,(H,22,24). The van der Waals surface area contributed by atoms with Gasteiger partial charge in [0.05, 0.1) is 10.3 Å². The van der Waals surface area contributed by atoms with Crippen molar-refractivity contribution in [2.45, 2.75) is 65.3 Å². The number of nitrogens with one attached hydrogen (secondary N) is 1. The minimum absolute atomic E-state index is 0.0536. The van der Waals surface area contributed by atoms with Crippen LogP contribution >= 0.6 is 11.3 Å². The van der Waals surface area contributed by atoms with Crippen LogP contribution in [0.3, 0.4) is 0 Å². The quantitative estimate of drug-likeness (QED) is 0.808. The highest BCUT2D eigenvalue weighted by molar-refractivity contribution is 7.20. The van der Waals surface area contributed by atoms with Crippen LogP contribution in [0.2, 0.25) is 0 Å². The highest BCUT2D eigenvalue weighted by Crippen LogP contribution is 2.35. The minimum atomic E-state index is 0.0536. The molecule has 1 aliphatic carbocycles. The minimum Gasteiger partial charge on any atom is -0.357 e. The lowest BCUT2D eigenvalue weighted by molar-refractivity contribution is 0.0937. The zero-order valence-corrected chi connectivity index (χ0v) is 16.3. The van der Waals surface area contributed by atoms with Gasteiger partial charge in [-0.25, -0.2) is 9.97 Å². The maximum Gasteiger partial charge on any atom is 0.261 e. The first kappa shape index (κ1) is 18.1. The normalized spacial score (nSPS) is 16.0. The molecular weight excluding hydrogens is 332 g/mol. The van der Waals surface area contributed by atoms with E-state index in [4.69, 9.17) is 0 Å². The van der Waals surface area contributed by atoms with Crippen LogP contribution < -0.4 is 10.2 Å². The van der Waals surface area contributed by atoms with E-state index in [0.717, 1.165) is 52.4 Å². The predicted molar refractivity (Wildman–Crippen MR) is 105 cm³/mol. The van der Waals surface area contributed by atoms with E-state index in [-0.39, 0.29) is 5.91 Å². The van der Waals surface area contributed by atoms with E-state index in [1.54, 1.807) is 6.33 Å². The average molecular weight is 361 g/mol. The summed E-state index contributed by atoms with van der Waals surface area (Å²) < 4.78 is 0. The Kier molecular flexibility index (Phi) is 5.89. The number of carbonyl (C=O) groups excluding carboxylic acids is 1. The molecule has 0 spiro atoms. The Bertz CT molecular complexity index is 730. The molecule has 0 bridgehead atoms. The predicted octanol–water partition coefficient (Wildman–Crippen LogP) is 4.30. The number of aromatic nitrogens is 2. The molecule has 136 valence electrons. The molecule has 2 aromatic heterocycles. The van der Waals surface area contributed by atoms with Gasteiger partial charge < -0.3 is 10.2 Å². The molecule has 1 fully saturated rings. The van der Waals surface area contributed by atoms with E-state index in [9.17, 15) is 4.79 Å². The lowest BCUT2D eigenvalue weighted by Crippen LogP contribution is -2.34. The molecule has 2 aromatic rings. The van der Waals surface area contributed by atoms with Crippen molar-refractivity contribution >= 4 is 33.3 Å². The summed E-state index contributed by atoms with van der Waals surface area (Å²) in [5.74, 6) is 0.996. The number of anilines is 1. The van der Waals surface area contributed by atoms with Gasteiger partial charge in [0.25, 0.3) is 5.91 Å². The molecule has 1 aliphatic rings. The van der Waals surface area contributed by atoms with Crippen LogP contribution in [0.5, 0.6) is 0 Å². The van der Waals surface area contributed by atoms with Crippen LogP contribution in [0.1, 0.15) is 67.6 Å². The summed E-state index contributed by atoms with van der Waals surface area (Å²) in [6.07, 6.45) is 8.81. The lowest BCUT2D eigenvalue weighted by Gasteiger charge is -2.20. The summed E-state index contributed by atoms with van der Waals surface area (Å²) >= 11 is 1.49. The Balaban J connectivity index is 1.90. The lowest BCUT2D eigenvalue weighted by atomic mass is 10.1. The number of carbonyl (C=O) groups is 1. The van der Waals surface area contributed by atoms with Gasteiger partial charge in [-0.2, -0.15) is 0 Å². The number of rotatable bonds is 5. The zero-order valence-electron chi connectivity index (χ0n) is 15.5. The molecule has 0 aliphatic heterocycles. The monoisotopic (exact) mass is 360 g/mol. The van der Waals surface area contributed by atoms with Crippen LogP contribution in [-0.4, -0.2) is 35.0 Å². The van der Waals surface area contributed by atoms with Gasteiger partial charge in [-0.1, -0.05) is 25.7 Å². The first-order valence-electron chi connectivity index (χ1n) is 9.45. The molecule has 5 nitrogen and oxygen atoms in total. The van der Waals surface area contributed by atoms with E-state index in [0.29, 0.717) is 6.04 Å². The number of nitrogens with zero attached hydrogens (tertiary/aromatic N) is 3. The largest absolute Gasteiger partial charge is 0.357 e. The van der Waals surface area contributed by atoms with Crippen molar-refractivity contribution in [3.05, 3.63) is 16.8 Å². The fraction of sp³-hybridized carbons (Fsp3) is 0.632. The van der Waals surface area contributed by atoms with Crippen molar-refractivity contribution in [2.24, 2.45) is 0 Å². The van der Waals surface area contributed by atoms with Crippen molar-refractivity contribution in [2.75, 3.05) is 18.0 Å². The van der Waals surface area contributed by atoms with Gasteiger partial charge in [0, 0.05) is 19.1 Å². The smallest absolute Gasteiger partial charge is 0.261 e. The Hall–Kier alpha value is -1.69. The van der Waals surface area contributed by atoms with E-state index in [1.807, 2.05) is 6.92 Å². The molecule has 0 atom stereocenters. The van der Waals surface area contributed by atoms with Gasteiger partial charge in [-0.05, 0) is 39.2 Å². The van der Waals surface area contributed by atoms with Gasteiger partial charge >= 0.3 is 0 Å². The molecule has 1 amide bonds. The second kappa shape index (κ2) is 8.13. The van der Waals surface area contributed by atoms with Crippen molar-refractivity contribution in [1.29, 1.82) is 0 Å². The number of hydrogen-bond acceptors (Lipinski definition) is 5.